The molecule has 0 aliphatic carbocycles. The Hall–Kier alpha value is -2.24. The third-order valence-electron chi connectivity index (χ3n) is 4.81. The zero-order valence-electron chi connectivity index (χ0n) is 17.5. The van der Waals surface area contributed by atoms with Crippen molar-refractivity contribution in [2.45, 2.75) is 33.0 Å². The maximum Gasteiger partial charge on any atom is 0.228 e. The lowest BCUT2D eigenvalue weighted by molar-refractivity contribution is -0.151. The number of amides is 1. The number of morpholine rings is 1. The molecule has 0 N–H and O–H groups in total. The molecule has 1 heterocycles. The van der Waals surface area contributed by atoms with Crippen LogP contribution >= 0.6 is 12.4 Å². The maximum absolute atomic E-state index is 12.8. The van der Waals surface area contributed by atoms with Crippen LogP contribution in [0.4, 0.5) is 0 Å². The molecule has 6 heteroatoms. The Bertz CT molecular complexity index is 791. The van der Waals surface area contributed by atoms with Crippen molar-refractivity contribution in [3.8, 4) is 11.5 Å². The molecule has 158 valence electrons. The minimum Gasteiger partial charge on any atom is -0.493 e. The SMILES string of the molecule is COc1ccccc1OC(c1ccccc1)C1CN(C(=O)C(C)(C)C)CCO1.Cl. The van der Waals surface area contributed by atoms with Crippen molar-refractivity contribution in [2.24, 2.45) is 5.41 Å². The number of hydrogen-bond donors (Lipinski definition) is 0. The van der Waals surface area contributed by atoms with Gasteiger partial charge in [0.15, 0.2) is 17.6 Å². The molecule has 1 aliphatic heterocycles. The van der Waals surface area contributed by atoms with E-state index in [9.17, 15) is 4.79 Å². The summed E-state index contributed by atoms with van der Waals surface area (Å²) in [6.45, 7) is 7.41. The van der Waals surface area contributed by atoms with Crippen LogP contribution in [0.15, 0.2) is 54.6 Å². The van der Waals surface area contributed by atoms with Crippen LogP contribution in [-0.2, 0) is 9.53 Å². The van der Waals surface area contributed by atoms with E-state index in [0.717, 1.165) is 5.56 Å². The van der Waals surface area contributed by atoms with Crippen molar-refractivity contribution in [3.05, 3.63) is 60.2 Å². The second kappa shape index (κ2) is 9.99. The molecule has 2 unspecified atom stereocenters. The minimum atomic E-state index is -0.423. The van der Waals surface area contributed by atoms with E-state index in [1.54, 1.807) is 7.11 Å². The Morgan fingerprint density at radius 2 is 1.69 bits per heavy atom. The first kappa shape index (κ1) is 23.0. The van der Waals surface area contributed by atoms with Crippen LogP contribution in [-0.4, -0.2) is 43.7 Å². The first-order valence-electron chi connectivity index (χ1n) is 9.66. The van der Waals surface area contributed by atoms with Gasteiger partial charge in [0.25, 0.3) is 0 Å². The summed E-state index contributed by atoms with van der Waals surface area (Å²) in [7, 11) is 1.63. The fraction of sp³-hybridized carbons (Fsp3) is 0.435. The third-order valence-corrected chi connectivity index (χ3v) is 4.81. The normalized spacial score (nSPS) is 17.8. The van der Waals surface area contributed by atoms with Gasteiger partial charge in [0.05, 0.1) is 20.3 Å². The lowest BCUT2D eigenvalue weighted by atomic mass is 9.93. The number of carbonyl (C=O) groups excluding carboxylic acids is 1. The Morgan fingerprint density at radius 3 is 2.31 bits per heavy atom. The van der Waals surface area contributed by atoms with E-state index in [4.69, 9.17) is 14.2 Å². The second-order valence-corrected chi connectivity index (χ2v) is 8.01. The Balaban J connectivity index is 0.00000300. The van der Waals surface area contributed by atoms with Gasteiger partial charge in [-0.2, -0.15) is 0 Å². The number of para-hydroxylation sites is 2. The summed E-state index contributed by atoms with van der Waals surface area (Å²) in [6.07, 6.45) is -0.625. The number of benzene rings is 2. The van der Waals surface area contributed by atoms with Gasteiger partial charge in [0.1, 0.15) is 6.10 Å². The van der Waals surface area contributed by atoms with Crippen molar-refractivity contribution in [1.29, 1.82) is 0 Å². The highest BCUT2D eigenvalue weighted by atomic mass is 35.5. The van der Waals surface area contributed by atoms with Crippen LogP contribution in [0.3, 0.4) is 0 Å². The minimum absolute atomic E-state index is 0. The number of carbonyl (C=O) groups is 1. The second-order valence-electron chi connectivity index (χ2n) is 8.01. The van der Waals surface area contributed by atoms with Crippen molar-refractivity contribution in [1.82, 2.24) is 4.90 Å². The summed E-state index contributed by atoms with van der Waals surface area (Å²) in [5.74, 6) is 1.45. The molecule has 2 aromatic carbocycles. The zero-order chi connectivity index (χ0) is 20.1. The van der Waals surface area contributed by atoms with Gasteiger partial charge in [-0.25, -0.2) is 0 Å². The van der Waals surface area contributed by atoms with E-state index in [1.165, 1.54) is 0 Å². The van der Waals surface area contributed by atoms with Gasteiger partial charge >= 0.3 is 0 Å². The van der Waals surface area contributed by atoms with Gasteiger partial charge in [-0.3, -0.25) is 4.79 Å². The van der Waals surface area contributed by atoms with E-state index >= 15 is 0 Å². The molecule has 0 saturated carbocycles. The first-order valence-corrected chi connectivity index (χ1v) is 9.66. The summed E-state index contributed by atoms with van der Waals surface area (Å²) < 4.78 is 17.9. The van der Waals surface area contributed by atoms with E-state index in [1.807, 2.05) is 80.3 Å². The fourth-order valence-corrected chi connectivity index (χ4v) is 3.37. The van der Waals surface area contributed by atoms with Gasteiger partial charge in [-0.1, -0.05) is 63.2 Å². The molecule has 1 aliphatic rings. The molecule has 1 fully saturated rings. The molecule has 5 nitrogen and oxygen atoms in total. The van der Waals surface area contributed by atoms with Gasteiger partial charge < -0.3 is 19.1 Å². The van der Waals surface area contributed by atoms with Crippen LogP contribution in [0.5, 0.6) is 11.5 Å². The number of methoxy groups -OCH3 is 1. The predicted molar refractivity (Wildman–Crippen MR) is 116 cm³/mol. The topological polar surface area (TPSA) is 48.0 Å². The molecule has 0 spiro atoms. The molecule has 1 saturated heterocycles. The third kappa shape index (κ3) is 5.64. The van der Waals surface area contributed by atoms with Gasteiger partial charge in [0, 0.05) is 12.0 Å². The average molecular weight is 420 g/mol. The molecule has 2 atom stereocenters. The van der Waals surface area contributed by atoms with Gasteiger partial charge in [0.2, 0.25) is 5.91 Å². The van der Waals surface area contributed by atoms with Crippen LogP contribution in [0.25, 0.3) is 0 Å². The molecule has 29 heavy (non-hydrogen) atoms. The van der Waals surface area contributed by atoms with Crippen LogP contribution in [0.1, 0.15) is 32.4 Å². The molecule has 3 rings (SSSR count). The highest BCUT2D eigenvalue weighted by Gasteiger charge is 2.36. The summed E-state index contributed by atoms with van der Waals surface area (Å²) in [5.41, 5.74) is 0.580. The zero-order valence-corrected chi connectivity index (χ0v) is 18.3. The number of rotatable bonds is 5. The van der Waals surface area contributed by atoms with E-state index < -0.39 is 5.41 Å². The molecule has 0 aromatic heterocycles. The van der Waals surface area contributed by atoms with Crippen LogP contribution < -0.4 is 9.47 Å². The standard InChI is InChI=1S/C23H29NO4.ClH/c1-23(2,3)22(25)24-14-15-27-20(16-24)21(17-10-6-5-7-11-17)28-19-13-9-8-12-18(19)26-4;/h5-13,20-21H,14-16H2,1-4H3;1H. The Kier molecular flexibility index (Phi) is 7.94. The molecular weight excluding hydrogens is 390 g/mol. The predicted octanol–water partition coefficient (Wildman–Crippen LogP) is 4.51. The maximum atomic E-state index is 12.8. The number of hydrogen-bond acceptors (Lipinski definition) is 4. The number of nitrogens with zero attached hydrogens (tertiary/aromatic N) is 1. The highest BCUT2D eigenvalue weighted by Crippen LogP contribution is 2.34. The number of ether oxygens (including phenoxy) is 3. The molecule has 1 amide bonds. The van der Waals surface area contributed by atoms with Crippen LogP contribution in [0.2, 0.25) is 0 Å². The van der Waals surface area contributed by atoms with E-state index in [0.29, 0.717) is 31.2 Å². The van der Waals surface area contributed by atoms with Crippen molar-refractivity contribution >= 4 is 18.3 Å². The van der Waals surface area contributed by atoms with E-state index in [2.05, 4.69) is 0 Å². The average Bonchev–Trinajstić information content (AvgIpc) is 2.71. The van der Waals surface area contributed by atoms with Crippen molar-refractivity contribution in [2.75, 3.05) is 26.8 Å². The van der Waals surface area contributed by atoms with Crippen molar-refractivity contribution in [3.63, 3.8) is 0 Å². The summed E-state index contributed by atoms with van der Waals surface area (Å²) >= 11 is 0. The monoisotopic (exact) mass is 419 g/mol. The van der Waals surface area contributed by atoms with Crippen molar-refractivity contribution < 1.29 is 19.0 Å². The summed E-state index contributed by atoms with van der Waals surface area (Å²) in [4.78, 5) is 14.7. The summed E-state index contributed by atoms with van der Waals surface area (Å²) in [6, 6.07) is 17.6. The molecule has 2 aromatic rings. The fourth-order valence-electron chi connectivity index (χ4n) is 3.37. The van der Waals surface area contributed by atoms with E-state index in [-0.39, 0.29) is 30.5 Å². The lowest BCUT2D eigenvalue weighted by Crippen LogP contribution is -2.51. The molecular formula is C23H30ClNO4. The molecule has 0 bridgehead atoms. The highest BCUT2D eigenvalue weighted by molar-refractivity contribution is 5.85. The van der Waals surface area contributed by atoms with Gasteiger partial charge in [-0.15, -0.1) is 12.4 Å². The number of halogens is 1. The Labute approximate surface area is 179 Å². The molecule has 0 radical (unpaired) electrons. The largest absolute Gasteiger partial charge is 0.493 e. The smallest absolute Gasteiger partial charge is 0.228 e. The van der Waals surface area contributed by atoms with Gasteiger partial charge in [-0.05, 0) is 17.7 Å². The lowest BCUT2D eigenvalue weighted by Gasteiger charge is -2.39. The quantitative estimate of drug-likeness (QED) is 0.715. The summed E-state index contributed by atoms with van der Waals surface area (Å²) in [5, 5.41) is 0. The first-order chi connectivity index (χ1) is 13.4. The van der Waals surface area contributed by atoms with Crippen LogP contribution in [0, 0.1) is 5.41 Å². The Morgan fingerprint density at radius 1 is 1.07 bits per heavy atom.